The summed E-state index contributed by atoms with van der Waals surface area (Å²) in [6.45, 7) is 4.26. The Morgan fingerprint density at radius 1 is 1.28 bits per heavy atom. The summed E-state index contributed by atoms with van der Waals surface area (Å²) >= 11 is 0. The summed E-state index contributed by atoms with van der Waals surface area (Å²) in [5.41, 5.74) is 10.2. The van der Waals surface area contributed by atoms with Crippen LogP contribution in [0.15, 0.2) is 35.2 Å². The average molecular weight is 443 g/mol. The van der Waals surface area contributed by atoms with Crippen molar-refractivity contribution >= 4 is 17.1 Å². The van der Waals surface area contributed by atoms with Crippen LogP contribution in [0.2, 0.25) is 0 Å². The molecule has 2 aromatic heterocycles. The van der Waals surface area contributed by atoms with E-state index in [2.05, 4.69) is 27.0 Å². The topological polar surface area (TPSA) is 90.8 Å². The number of halogens is 1. The highest BCUT2D eigenvalue weighted by Gasteiger charge is 2.20. The van der Waals surface area contributed by atoms with Crippen molar-refractivity contribution in [3.63, 3.8) is 0 Å². The molecule has 0 radical (unpaired) electrons. The molecular weight excluding hydrogens is 411 g/mol. The molecule has 0 atom stereocenters. The number of pyridine rings is 1. The van der Waals surface area contributed by atoms with E-state index < -0.39 is 5.82 Å². The summed E-state index contributed by atoms with van der Waals surface area (Å²) in [7, 11) is 3.55. The second-order valence-corrected chi connectivity index (χ2v) is 8.45. The quantitative estimate of drug-likeness (QED) is 0.766. The summed E-state index contributed by atoms with van der Waals surface area (Å²) in [5, 5.41) is 4.55. The molecule has 2 aromatic rings. The maximum absolute atomic E-state index is 14.1. The third kappa shape index (κ3) is 5.34. The second kappa shape index (κ2) is 10.2. The first-order valence-electron chi connectivity index (χ1n) is 11.1. The van der Waals surface area contributed by atoms with Crippen LogP contribution in [0, 0.1) is 11.7 Å². The molecule has 0 unspecified atom stereocenters. The lowest BCUT2D eigenvalue weighted by Crippen LogP contribution is -2.31. The Morgan fingerprint density at radius 2 is 2.06 bits per heavy atom. The van der Waals surface area contributed by atoms with Crippen LogP contribution in [0.1, 0.15) is 31.2 Å². The molecule has 2 N–H and O–H groups in total. The first-order valence-corrected chi connectivity index (χ1v) is 11.1. The van der Waals surface area contributed by atoms with Crippen LogP contribution in [0.3, 0.4) is 0 Å². The molecule has 32 heavy (non-hydrogen) atoms. The lowest BCUT2D eigenvalue weighted by atomic mass is 9.97. The van der Waals surface area contributed by atoms with Crippen molar-refractivity contribution in [3.8, 4) is 5.88 Å². The largest absolute Gasteiger partial charge is 0.479 e. The van der Waals surface area contributed by atoms with Crippen molar-refractivity contribution in [1.82, 2.24) is 19.7 Å². The van der Waals surface area contributed by atoms with Gasteiger partial charge in [0.2, 0.25) is 5.88 Å². The molecule has 172 valence electrons. The maximum Gasteiger partial charge on any atom is 0.250 e. The highest BCUT2D eigenvalue weighted by Crippen LogP contribution is 2.26. The van der Waals surface area contributed by atoms with Gasteiger partial charge in [-0.2, -0.15) is 5.10 Å². The van der Waals surface area contributed by atoms with E-state index in [9.17, 15) is 4.39 Å². The van der Waals surface area contributed by atoms with Crippen molar-refractivity contribution in [2.24, 2.45) is 16.6 Å². The van der Waals surface area contributed by atoms with Gasteiger partial charge in [-0.3, -0.25) is 9.67 Å². The summed E-state index contributed by atoms with van der Waals surface area (Å²) < 4.78 is 26.6. The zero-order valence-electron chi connectivity index (χ0n) is 18.8. The third-order valence-electron chi connectivity index (χ3n) is 6.13. The molecule has 0 aromatic carbocycles. The van der Waals surface area contributed by atoms with Crippen LogP contribution in [-0.2, 0) is 11.3 Å². The molecule has 9 heteroatoms. The van der Waals surface area contributed by atoms with Crippen molar-refractivity contribution < 1.29 is 13.9 Å². The predicted molar refractivity (Wildman–Crippen MR) is 121 cm³/mol. The van der Waals surface area contributed by atoms with Gasteiger partial charge in [-0.1, -0.05) is 0 Å². The van der Waals surface area contributed by atoms with Gasteiger partial charge in [-0.25, -0.2) is 9.37 Å². The van der Waals surface area contributed by atoms with Gasteiger partial charge >= 0.3 is 0 Å². The fourth-order valence-corrected chi connectivity index (χ4v) is 4.22. The van der Waals surface area contributed by atoms with Crippen LogP contribution in [-0.4, -0.2) is 65.8 Å². The molecule has 4 rings (SSSR count). The van der Waals surface area contributed by atoms with Gasteiger partial charge in [0.25, 0.3) is 0 Å². The summed E-state index contributed by atoms with van der Waals surface area (Å²) in [4.78, 5) is 11.0. The van der Waals surface area contributed by atoms with Crippen molar-refractivity contribution in [2.75, 3.05) is 40.5 Å². The molecule has 2 aliphatic heterocycles. The SMILES string of the molecule is COc1ncc(N=C2CCOCCC2=C(N)c2cnn(CC3CCN(C)CC3)c2)cc1F. The fraction of sp³-hybridized carbons (Fsp3) is 0.522. The number of likely N-dealkylation sites (tertiary alicyclic amines) is 1. The predicted octanol–water partition coefficient (Wildman–Crippen LogP) is 3.02. The van der Waals surface area contributed by atoms with Gasteiger partial charge in [0, 0.05) is 42.2 Å². The number of nitrogens with zero attached hydrogens (tertiary/aromatic N) is 5. The lowest BCUT2D eigenvalue weighted by Gasteiger charge is -2.28. The van der Waals surface area contributed by atoms with Crippen LogP contribution < -0.4 is 10.5 Å². The van der Waals surface area contributed by atoms with E-state index in [1.165, 1.54) is 32.2 Å². The van der Waals surface area contributed by atoms with E-state index in [-0.39, 0.29) is 5.88 Å². The molecule has 2 fully saturated rings. The second-order valence-electron chi connectivity index (χ2n) is 8.45. The first kappa shape index (κ1) is 22.4. The molecule has 2 saturated heterocycles. The zero-order valence-corrected chi connectivity index (χ0v) is 18.8. The van der Waals surface area contributed by atoms with E-state index >= 15 is 0 Å². The number of ether oxygens (including phenoxy) is 2. The Hall–Kier alpha value is -2.78. The normalized spacial score (nSPS) is 21.5. The molecule has 0 saturated carbocycles. The molecule has 4 heterocycles. The molecule has 0 amide bonds. The van der Waals surface area contributed by atoms with Crippen LogP contribution >= 0.6 is 0 Å². The van der Waals surface area contributed by atoms with Crippen molar-refractivity contribution in [2.45, 2.75) is 32.2 Å². The summed E-state index contributed by atoms with van der Waals surface area (Å²) in [6.07, 6.45) is 8.91. The van der Waals surface area contributed by atoms with Gasteiger partial charge in [0.1, 0.15) is 0 Å². The number of piperidine rings is 1. The van der Waals surface area contributed by atoms with E-state index in [1.54, 1.807) is 0 Å². The minimum Gasteiger partial charge on any atom is -0.479 e. The molecule has 0 spiro atoms. The van der Waals surface area contributed by atoms with Crippen molar-refractivity contribution in [3.05, 3.63) is 41.6 Å². The van der Waals surface area contributed by atoms with E-state index in [1.807, 2.05) is 17.1 Å². The Morgan fingerprint density at radius 3 is 2.81 bits per heavy atom. The maximum atomic E-state index is 14.1. The smallest absolute Gasteiger partial charge is 0.250 e. The first-order chi connectivity index (χ1) is 15.5. The number of methoxy groups -OCH3 is 1. The lowest BCUT2D eigenvalue weighted by molar-refractivity contribution is 0.150. The van der Waals surface area contributed by atoms with Crippen LogP contribution in [0.5, 0.6) is 5.88 Å². The van der Waals surface area contributed by atoms with Crippen LogP contribution in [0.4, 0.5) is 10.1 Å². The Balaban J connectivity index is 1.57. The van der Waals surface area contributed by atoms with Crippen molar-refractivity contribution in [1.29, 1.82) is 0 Å². The van der Waals surface area contributed by atoms with E-state index in [0.717, 1.165) is 36.5 Å². The number of hydrogen-bond acceptors (Lipinski definition) is 7. The number of nitrogens with two attached hydrogens (primary N) is 1. The van der Waals surface area contributed by atoms with Gasteiger partial charge in [0.15, 0.2) is 5.82 Å². The van der Waals surface area contributed by atoms with Gasteiger partial charge in [-0.15, -0.1) is 0 Å². The minimum atomic E-state index is -0.548. The molecule has 0 aliphatic carbocycles. The standard InChI is InChI=1S/C23H31FN6O2/c1-29-7-3-16(4-8-29)14-30-15-17(12-27-30)22(25)19-5-9-32-10-6-21(19)28-18-11-20(24)23(31-2)26-13-18/h11-13,15-16H,3-10,14,25H2,1-2H3. The Bertz CT molecular complexity index is 994. The van der Waals surface area contributed by atoms with Crippen LogP contribution in [0.25, 0.3) is 5.70 Å². The zero-order chi connectivity index (χ0) is 22.5. The van der Waals surface area contributed by atoms with E-state index in [4.69, 9.17) is 15.2 Å². The molecular formula is C23H31FN6O2. The Labute approximate surface area is 187 Å². The number of aromatic nitrogens is 3. The van der Waals surface area contributed by atoms with Gasteiger partial charge in [-0.05, 0) is 50.9 Å². The molecule has 8 nitrogen and oxygen atoms in total. The van der Waals surface area contributed by atoms with E-state index in [0.29, 0.717) is 43.4 Å². The molecule has 2 aliphatic rings. The number of rotatable bonds is 5. The number of hydrogen-bond donors (Lipinski definition) is 1. The summed E-state index contributed by atoms with van der Waals surface area (Å²) in [6, 6.07) is 1.32. The number of aliphatic imine (C=N–C) groups is 1. The Kier molecular flexibility index (Phi) is 7.16. The van der Waals surface area contributed by atoms with Gasteiger partial charge in [0.05, 0.1) is 38.4 Å². The highest BCUT2D eigenvalue weighted by atomic mass is 19.1. The third-order valence-corrected chi connectivity index (χ3v) is 6.13. The van der Waals surface area contributed by atoms with Gasteiger partial charge < -0.3 is 20.1 Å². The summed E-state index contributed by atoms with van der Waals surface area (Å²) in [5.74, 6) is 0.0343. The molecule has 0 bridgehead atoms. The minimum absolute atomic E-state index is 0.0505. The highest BCUT2D eigenvalue weighted by molar-refractivity contribution is 6.07. The average Bonchev–Trinajstić information content (AvgIpc) is 3.13. The fourth-order valence-electron chi connectivity index (χ4n) is 4.22. The monoisotopic (exact) mass is 442 g/mol.